The fourth-order valence-corrected chi connectivity index (χ4v) is 7.60. The first-order chi connectivity index (χ1) is 22.2. The molecule has 0 fully saturated rings. The number of fused-ring (bicyclic) bond motifs is 1. The molecule has 1 aliphatic rings. The van der Waals surface area contributed by atoms with Crippen LogP contribution in [0.2, 0.25) is 0 Å². The van der Waals surface area contributed by atoms with Crippen molar-refractivity contribution in [2.24, 2.45) is 5.92 Å². The van der Waals surface area contributed by atoms with Crippen LogP contribution in [0.5, 0.6) is 0 Å². The second kappa shape index (κ2) is 16.3. The number of carbonyl (C=O) groups excluding carboxylic acids is 2. The molecule has 10 heteroatoms. The summed E-state index contributed by atoms with van der Waals surface area (Å²) in [7, 11) is -0.446. The monoisotopic (exact) mass is 639 g/mol. The molecule has 4 aromatic carbocycles. The number of amides is 4. The van der Waals surface area contributed by atoms with E-state index in [1.807, 2.05) is 13.8 Å². The van der Waals surface area contributed by atoms with Crippen molar-refractivity contribution in [1.82, 2.24) is 15.5 Å². The van der Waals surface area contributed by atoms with Gasteiger partial charge in [0, 0.05) is 12.6 Å². The van der Waals surface area contributed by atoms with Crippen molar-refractivity contribution < 1.29 is 29.4 Å². The van der Waals surface area contributed by atoms with Gasteiger partial charge in [-0.05, 0) is 54.7 Å². The van der Waals surface area contributed by atoms with Crippen LogP contribution in [0.15, 0.2) is 115 Å². The van der Waals surface area contributed by atoms with E-state index in [0.717, 1.165) is 4.90 Å². The molecule has 4 N–H and O–H groups in total. The van der Waals surface area contributed by atoms with E-state index in [1.54, 1.807) is 24.3 Å². The van der Waals surface area contributed by atoms with Gasteiger partial charge in [-0.2, -0.15) is 0 Å². The SMILES string of the molecule is CC(C)C(CCC(CN1C(=O)c2ccccc2C1=O)NC(=O)O)NC(=O)O.c1ccc(P(c2ccccc2)c2ccccc2)cc1. The maximum Gasteiger partial charge on any atom is 0.404 e. The summed E-state index contributed by atoms with van der Waals surface area (Å²) in [6.45, 7) is 3.59. The number of hydrogen-bond acceptors (Lipinski definition) is 4. The predicted octanol–water partition coefficient (Wildman–Crippen LogP) is 5.44. The molecule has 0 spiro atoms. The summed E-state index contributed by atoms with van der Waals surface area (Å²) in [6.07, 6.45) is -1.80. The fraction of sp³-hybridized carbons (Fsp3) is 0.222. The van der Waals surface area contributed by atoms with E-state index in [-0.39, 0.29) is 24.9 Å². The van der Waals surface area contributed by atoms with Gasteiger partial charge in [0.15, 0.2) is 0 Å². The highest BCUT2D eigenvalue weighted by atomic mass is 31.1. The number of nitrogens with zero attached hydrogens (tertiary/aromatic N) is 1. The number of hydrogen-bond donors (Lipinski definition) is 4. The van der Waals surface area contributed by atoms with Crippen LogP contribution in [-0.2, 0) is 0 Å². The van der Waals surface area contributed by atoms with E-state index in [2.05, 4.69) is 102 Å². The van der Waals surface area contributed by atoms with Crippen molar-refractivity contribution in [2.45, 2.75) is 38.8 Å². The zero-order valence-corrected chi connectivity index (χ0v) is 26.6. The van der Waals surface area contributed by atoms with Crippen molar-refractivity contribution in [2.75, 3.05) is 6.54 Å². The number of nitrogens with one attached hydrogen (secondary N) is 2. The maximum absolute atomic E-state index is 12.5. The summed E-state index contributed by atoms with van der Waals surface area (Å²) in [5, 5.41) is 26.9. The Hall–Kier alpha value is -5.01. The van der Waals surface area contributed by atoms with Gasteiger partial charge in [-0.3, -0.25) is 14.5 Å². The molecule has 0 saturated carbocycles. The number of imide groups is 1. The molecule has 4 amide bonds. The van der Waals surface area contributed by atoms with Crippen molar-refractivity contribution >= 4 is 47.8 Å². The topological polar surface area (TPSA) is 136 Å². The van der Waals surface area contributed by atoms with Crippen LogP contribution in [0.1, 0.15) is 47.4 Å². The smallest absolute Gasteiger partial charge is 0.404 e. The zero-order valence-electron chi connectivity index (χ0n) is 25.7. The lowest BCUT2D eigenvalue weighted by Crippen LogP contribution is -2.46. The first-order valence-electron chi connectivity index (χ1n) is 15.0. The Kier molecular flexibility index (Phi) is 12.0. The molecule has 0 aromatic heterocycles. The molecular weight excluding hydrogens is 601 g/mol. The summed E-state index contributed by atoms with van der Waals surface area (Å²) < 4.78 is 0. The predicted molar refractivity (Wildman–Crippen MR) is 181 cm³/mol. The largest absolute Gasteiger partial charge is 0.465 e. The molecule has 0 saturated heterocycles. The molecule has 2 unspecified atom stereocenters. The third-order valence-electron chi connectivity index (χ3n) is 7.59. The van der Waals surface area contributed by atoms with Gasteiger partial charge in [0.25, 0.3) is 11.8 Å². The minimum Gasteiger partial charge on any atom is -0.465 e. The molecule has 0 bridgehead atoms. The molecule has 2 atom stereocenters. The molecule has 0 aliphatic carbocycles. The van der Waals surface area contributed by atoms with E-state index in [1.165, 1.54) is 15.9 Å². The summed E-state index contributed by atoms with van der Waals surface area (Å²) in [4.78, 5) is 48.0. The molecule has 0 radical (unpaired) electrons. The Morgan fingerprint density at radius 1 is 0.630 bits per heavy atom. The number of carboxylic acid groups (broad SMARTS) is 2. The third-order valence-corrected chi connectivity index (χ3v) is 10.0. The van der Waals surface area contributed by atoms with Crippen LogP contribution < -0.4 is 26.5 Å². The minimum absolute atomic E-state index is 0.00545. The Balaban J connectivity index is 0.000000221. The van der Waals surface area contributed by atoms with Crippen LogP contribution in [-0.4, -0.2) is 57.7 Å². The van der Waals surface area contributed by atoms with Gasteiger partial charge < -0.3 is 20.8 Å². The van der Waals surface area contributed by atoms with Gasteiger partial charge in [0.2, 0.25) is 0 Å². The Bertz CT molecular complexity index is 1490. The first kappa shape index (κ1) is 33.9. The lowest BCUT2D eigenvalue weighted by Gasteiger charge is -2.26. The zero-order chi connectivity index (χ0) is 33.1. The second-order valence-electron chi connectivity index (χ2n) is 11.1. The van der Waals surface area contributed by atoms with E-state index in [4.69, 9.17) is 10.2 Å². The van der Waals surface area contributed by atoms with Gasteiger partial charge >= 0.3 is 12.2 Å². The van der Waals surface area contributed by atoms with Crippen molar-refractivity contribution in [3.63, 3.8) is 0 Å². The maximum atomic E-state index is 12.5. The highest BCUT2D eigenvalue weighted by molar-refractivity contribution is 7.79. The summed E-state index contributed by atoms with van der Waals surface area (Å²) in [5.41, 5.74) is 0.591. The highest BCUT2D eigenvalue weighted by Gasteiger charge is 2.36. The summed E-state index contributed by atoms with van der Waals surface area (Å²) in [5.74, 6) is -0.917. The van der Waals surface area contributed by atoms with Gasteiger partial charge in [-0.15, -0.1) is 0 Å². The van der Waals surface area contributed by atoms with E-state index < -0.39 is 38.0 Å². The molecule has 9 nitrogen and oxygen atoms in total. The quantitative estimate of drug-likeness (QED) is 0.128. The van der Waals surface area contributed by atoms with Gasteiger partial charge in [0.05, 0.1) is 17.2 Å². The fourth-order valence-electron chi connectivity index (χ4n) is 5.30. The summed E-state index contributed by atoms with van der Waals surface area (Å²) in [6, 6.07) is 37.7. The average Bonchev–Trinajstić information content (AvgIpc) is 3.29. The Morgan fingerprint density at radius 3 is 1.39 bits per heavy atom. The number of benzene rings is 4. The van der Waals surface area contributed by atoms with E-state index >= 15 is 0 Å². The lowest BCUT2D eigenvalue weighted by atomic mass is 9.96. The summed E-state index contributed by atoms with van der Waals surface area (Å²) >= 11 is 0. The lowest BCUT2D eigenvalue weighted by molar-refractivity contribution is 0.0633. The van der Waals surface area contributed by atoms with Gasteiger partial charge in [0.1, 0.15) is 0 Å². The first-order valence-corrected chi connectivity index (χ1v) is 16.4. The minimum atomic E-state index is -1.27. The standard InChI is InChI=1S/C18H23N3O6.C18H15P/c1-10(2)14(20-18(26)27)8-7-11(19-17(24)25)9-21-15(22)12-5-3-4-6-13(12)16(21)23;1-4-10-16(11-5-1)19(17-12-6-2-7-13-17)18-14-8-3-9-15-18/h3-6,10-11,14,19-20H,7-9H2,1-2H3,(H,24,25)(H,26,27);1-15H. The third kappa shape index (κ3) is 9.02. The van der Waals surface area contributed by atoms with Crippen LogP contribution in [0.25, 0.3) is 0 Å². The number of rotatable bonds is 11. The Labute approximate surface area is 270 Å². The van der Waals surface area contributed by atoms with Crippen LogP contribution in [0.4, 0.5) is 9.59 Å². The molecule has 4 aromatic rings. The van der Waals surface area contributed by atoms with Crippen molar-refractivity contribution in [3.05, 3.63) is 126 Å². The van der Waals surface area contributed by atoms with Crippen molar-refractivity contribution in [3.8, 4) is 0 Å². The van der Waals surface area contributed by atoms with E-state index in [0.29, 0.717) is 17.5 Å². The molecule has 46 heavy (non-hydrogen) atoms. The highest BCUT2D eigenvalue weighted by Crippen LogP contribution is 2.32. The molecular formula is C36H38N3O6P. The van der Waals surface area contributed by atoms with Crippen LogP contribution >= 0.6 is 7.92 Å². The van der Waals surface area contributed by atoms with Crippen LogP contribution in [0.3, 0.4) is 0 Å². The van der Waals surface area contributed by atoms with Crippen LogP contribution in [0, 0.1) is 5.92 Å². The molecule has 1 aliphatic heterocycles. The Morgan fingerprint density at radius 2 is 1.02 bits per heavy atom. The van der Waals surface area contributed by atoms with E-state index in [9.17, 15) is 19.2 Å². The second-order valence-corrected chi connectivity index (χ2v) is 13.4. The normalized spacial score (nSPS) is 13.4. The molecule has 1 heterocycles. The average molecular weight is 640 g/mol. The molecule has 5 rings (SSSR count). The molecule has 238 valence electrons. The van der Waals surface area contributed by atoms with Gasteiger partial charge in [-0.1, -0.05) is 117 Å². The van der Waals surface area contributed by atoms with Gasteiger partial charge in [-0.25, -0.2) is 9.59 Å². The number of carbonyl (C=O) groups is 4. The van der Waals surface area contributed by atoms with Crippen molar-refractivity contribution in [1.29, 1.82) is 0 Å².